The Morgan fingerprint density at radius 3 is 2.53 bits per heavy atom. The SMILES string of the molecule is COCCOc1ccc(-c2csc(C)n2)cc1. The van der Waals surface area contributed by atoms with E-state index in [-0.39, 0.29) is 0 Å². The van der Waals surface area contributed by atoms with E-state index in [9.17, 15) is 0 Å². The maximum absolute atomic E-state index is 5.50. The third-order valence-corrected chi connectivity index (χ3v) is 3.10. The number of rotatable bonds is 5. The van der Waals surface area contributed by atoms with Gasteiger partial charge >= 0.3 is 0 Å². The fourth-order valence-corrected chi connectivity index (χ4v) is 2.08. The highest BCUT2D eigenvalue weighted by Gasteiger charge is 2.02. The van der Waals surface area contributed by atoms with Gasteiger partial charge < -0.3 is 9.47 Å². The Morgan fingerprint density at radius 2 is 1.94 bits per heavy atom. The van der Waals surface area contributed by atoms with Crippen LogP contribution in [0, 0.1) is 6.92 Å². The molecule has 1 aromatic carbocycles. The van der Waals surface area contributed by atoms with Crippen LogP contribution in [0.25, 0.3) is 11.3 Å². The first-order chi connectivity index (χ1) is 8.29. The van der Waals surface area contributed by atoms with E-state index in [1.807, 2.05) is 31.2 Å². The molecule has 0 aliphatic rings. The van der Waals surface area contributed by atoms with Crippen LogP contribution in [0.15, 0.2) is 29.6 Å². The van der Waals surface area contributed by atoms with E-state index in [1.165, 1.54) is 0 Å². The smallest absolute Gasteiger partial charge is 0.119 e. The number of nitrogens with zero attached hydrogens (tertiary/aromatic N) is 1. The van der Waals surface area contributed by atoms with Gasteiger partial charge in [0.25, 0.3) is 0 Å². The van der Waals surface area contributed by atoms with E-state index in [0.717, 1.165) is 22.0 Å². The first kappa shape index (κ1) is 12.1. The zero-order valence-corrected chi connectivity index (χ0v) is 10.8. The van der Waals surface area contributed by atoms with Crippen molar-refractivity contribution in [2.75, 3.05) is 20.3 Å². The molecule has 0 atom stereocenters. The fourth-order valence-electron chi connectivity index (χ4n) is 1.46. The minimum Gasteiger partial charge on any atom is -0.491 e. The van der Waals surface area contributed by atoms with Crippen molar-refractivity contribution in [1.29, 1.82) is 0 Å². The van der Waals surface area contributed by atoms with Crippen molar-refractivity contribution >= 4 is 11.3 Å². The van der Waals surface area contributed by atoms with Crippen LogP contribution in [0.2, 0.25) is 0 Å². The first-order valence-corrected chi connectivity index (χ1v) is 6.32. The molecule has 0 N–H and O–H groups in total. The molecule has 1 aromatic heterocycles. The topological polar surface area (TPSA) is 31.4 Å². The predicted molar refractivity (Wildman–Crippen MR) is 69.7 cm³/mol. The molecular formula is C13H15NO2S. The Kier molecular flexibility index (Phi) is 4.12. The zero-order valence-electron chi connectivity index (χ0n) is 9.97. The Morgan fingerprint density at radius 1 is 1.18 bits per heavy atom. The average Bonchev–Trinajstić information content (AvgIpc) is 2.77. The second-order valence-electron chi connectivity index (χ2n) is 3.62. The first-order valence-electron chi connectivity index (χ1n) is 5.44. The minimum atomic E-state index is 0.575. The van der Waals surface area contributed by atoms with Gasteiger partial charge in [0.2, 0.25) is 0 Å². The third kappa shape index (κ3) is 3.28. The van der Waals surface area contributed by atoms with Gasteiger partial charge in [-0.05, 0) is 31.2 Å². The van der Waals surface area contributed by atoms with Crippen LogP contribution in [-0.2, 0) is 4.74 Å². The molecule has 0 unspecified atom stereocenters. The summed E-state index contributed by atoms with van der Waals surface area (Å²) in [5.74, 6) is 0.859. The van der Waals surface area contributed by atoms with Crippen molar-refractivity contribution in [3.8, 4) is 17.0 Å². The number of aryl methyl sites for hydroxylation is 1. The predicted octanol–water partition coefficient (Wildman–Crippen LogP) is 3.14. The number of hydrogen-bond acceptors (Lipinski definition) is 4. The molecule has 3 nitrogen and oxygen atoms in total. The normalized spacial score (nSPS) is 10.5. The summed E-state index contributed by atoms with van der Waals surface area (Å²) >= 11 is 1.66. The molecule has 0 aliphatic carbocycles. The van der Waals surface area contributed by atoms with Crippen molar-refractivity contribution in [3.05, 3.63) is 34.7 Å². The van der Waals surface area contributed by atoms with Gasteiger partial charge in [-0.3, -0.25) is 0 Å². The molecule has 0 amide bonds. The number of aromatic nitrogens is 1. The highest BCUT2D eigenvalue weighted by molar-refractivity contribution is 7.09. The van der Waals surface area contributed by atoms with Crippen molar-refractivity contribution in [2.45, 2.75) is 6.92 Å². The molecule has 0 radical (unpaired) electrons. The van der Waals surface area contributed by atoms with Crippen LogP contribution >= 0.6 is 11.3 Å². The molecule has 0 saturated carbocycles. The molecule has 0 aliphatic heterocycles. The molecule has 17 heavy (non-hydrogen) atoms. The lowest BCUT2D eigenvalue weighted by atomic mass is 10.2. The number of methoxy groups -OCH3 is 1. The van der Waals surface area contributed by atoms with E-state index in [2.05, 4.69) is 10.4 Å². The molecule has 4 heteroatoms. The van der Waals surface area contributed by atoms with Gasteiger partial charge in [0.1, 0.15) is 12.4 Å². The lowest BCUT2D eigenvalue weighted by Gasteiger charge is -2.05. The number of ether oxygens (including phenoxy) is 2. The zero-order chi connectivity index (χ0) is 12.1. The largest absolute Gasteiger partial charge is 0.491 e. The molecule has 2 aromatic rings. The van der Waals surface area contributed by atoms with E-state index < -0.39 is 0 Å². The van der Waals surface area contributed by atoms with Gasteiger partial charge in [-0.1, -0.05) is 0 Å². The molecule has 2 rings (SSSR count). The third-order valence-electron chi connectivity index (χ3n) is 2.33. The van der Waals surface area contributed by atoms with Crippen molar-refractivity contribution < 1.29 is 9.47 Å². The molecule has 1 heterocycles. The van der Waals surface area contributed by atoms with E-state index >= 15 is 0 Å². The Bertz CT molecular complexity index is 465. The summed E-state index contributed by atoms with van der Waals surface area (Å²) in [4.78, 5) is 4.44. The average molecular weight is 249 g/mol. The lowest BCUT2D eigenvalue weighted by molar-refractivity contribution is 0.146. The highest BCUT2D eigenvalue weighted by Crippen LogP contribution is 2.23. The van der Waals surface area contributed by atoms with Gasteiger partial charge in [-0.15, -0.1) is 11.3 Å². The van der Waals surface area contributed by atoms with Gasteiger partial charge in [0.15, 0.2) is 0 Å². The molecule has 0 spiro atoms. The summed E-state index contributed by atoms with van der Waals surface area (Å²) in [6.07, 6.45) is 0. The van der Waals surface area contributed by atoms with Crippen molar-refractivity contribution in [3.63, 3.8) is 0 Å². The van der Waals surface area contributed by atoms with Crippen LogP contribution in [0.1, 0.15) is 5.01 Å². The summed E-state index contributed by atoms with van der Waals surface area (Å²) in [6.45, 7) is 3.19. The van der Waals surface area contributed by atoms with Crippen LogP contribution in [0.5, 0.6) is 5.75 Å². The standard InChI is InChI=1S/C13H15NO2S/c1-10-14-13(9-17-10)11-3-5-12(6-4-11)16-8-7-15-2/h3-6,9H,7-8H2,1-2H3. The summed E-state index contributed by atoms with van der Waals surface area (Å²) in [6, 6.07) is 7.96. The molecule has 0 saturated heterocycles. The summed E-state index contributed by atoms with van der Waals surface area (Å²) in [5.41, 5.74) is 2.14. The van der Waals surface area contributed by atoms with Gasteiger partial charge in [0.05, 0.1) is 17.3 Å². The Hall–Kier alpha value is -1.39. The fraction of sp³-hybridized carbons (Fsp3) is 0.308. The highest BCUT2D eigenvalue weighted by atomic mass is 32.1. The number of benzene rings is 1. The van der Waals surface area contributed by atoms with Crippen LogP contribution in [-0.4, -0.2) is 25.3 Å². The van der Waals surface area contributed by atoms with Gasteiger partial charge in [0, 0.05) is 18.1 Å². The molecule has 0 bridgehead atoms. The van der Waals surface area contributed by atoms with Crippen LogP contribution < -0.4 is 4.74 Å². The van der Waals surface area contributed by atoms with Crippen LogP contribution in [0.4, 0.5) is 0 Å². The quantitative estimate of drug-likeness (QED) is 0.763. The Balaban J connectivity index is 2.02. The number of hydrogen-bond donors (Lipinski definition) is 0. The lowest BCUT2D eigenvalue weighted by Crippen LogP contribution is -2.03. The number of thiazole rings is 1. The van der Waals surface area contributed by atoms with Gasteiger partial charge in [-0.25, -0.2) is 4.98 Å². The summed E-state index contributed by atoms with van der Waals surface area (Å²) in [7, 11) is 1.66. The van der Waals surface area contributed by atoms with E-state index in [4.69, 9.17) is 9.47 Å². The summed E-state index contributed by atoms with van der Waals surface area (Å²) < 4.78 is 10.4. The van der Waals surface area contributed by atoms with Crippen LogP contribution in [0.3, 0.4) is 0 Å². The van der Waals surface area contributed by atoms with Gasteiger partial charge in [-0.2, -0.15) is 0 Å². The minimum absolute atomic E-state index is 0.575. The molecular weight excluding hydrogens is 234 g/mol. The molecule has 0 fully saturated rings. The molecule has 90 valence electrons. The second-order valence-corrected chi connectivity index (χ2v) is 4.68. The van der Waals surface area contributed by atoms with Crippen molar-refractivity contribution in [1.82, 2.24) is 4.98 Å². The maximum Gasteiger partial charge on any atom is 0.119 e. The van der Waals surface area contributed by atoms with Crippen molar-refractivity contribution in [2.24, 2.45) is 0 Å². The monoisotopic (exact) mass is 249 g/mol. The van der Waals surface area contributed by atoms with E-state index in [1.54, 1.807) is 18.4 Å². The summed E-state index contributed by atoms with van der Waals surface area (Å²) in [5, 5.41) is 3.15. The maximum atomic E-state index is 5.50. The second kappa shape index (κ2) is 5.80. The Labute approximate surface area is 105 Å². The van der Waals surface area contributed by atoms with E-state index in [0.29, 0.717) is 13.2 Å².